The normalized spacial score (nSPS) is 18.8. The van der Waals surface area contributed by atoms with Crippen LogP contribution in [-0.2, 0) is 9.59 Å². The average molecular weight is 260 g/mol. The molecule has 1 atom stereocenters. The van der Waals surface area contributed by atoms with Crippen molar-refractivity contribution in [2.75, 3.05) is 12.4 Å². The molecule has 4 nitrogen and oxygen atoms in total. The third kappa shape index (κ3) is 2.62. The number of rotatable bonds is 2. The highest BCUT2D eigenvalue weighted by Gasteiger charge is 2.33. The Morgan fingerprint density at radius 2 is 1.84 bits per heavy atom. The van der Waals surface area contributed by atoms with Crippen molar-refractivity contribution in [3.8, 4) is 0 Å². The summed E-state index contributed by atoms with van der Waals surface area (Å²) in [5.74, 6) is -0.0547. The average Bonchev–Trinajstić information content (AvgIpc) is 2.64. The first-order valence-electron chi connectivity index (χ1n) is 6.54. The molecule has 1 saturated heterocycles. The van der Waals surface area contributed by atoms with Crippen LogP contribution in [0.5, 0.6) is 0 Å². The molecule has 0 bridgehead atoms. The van der Waals surface area contributed by atoms with Gasteiger partial charge in [-0.05, 0) is 38.3 Å². The van der Waals surface area contributed by atoms with Gasteiger partial charge >= 0.3 is 0 Å². The zero-order chi connectivity index (χ0) is 14.2. The van der Waals surface area contributed by atoms with Crippen molar-refractivity contribution in [3.63, 3.8) is 0 Å². The Morgan fingerprint density at radius 1 is 1.26 bits per heavy atom. The first-order chi connectivity index (χ1) is 8.90. The maximum atomic E-state index is 12.3. The Bertz CT molecular complexity index is 514. The number of benzene rings is 1. The molecule has 0 saturated carbocycles. The second-order valence-electron chi connectivity index (χ2n) is 5.32. The fourth-order valence-corrected chi connectivity index (χ4v) is 2.69. The van der Waals surface area contributed by atoms with Crippen molar-refractivity contribution in [3.05, 3.63) is 28.8 Å². The molecule has 1 aromatic carbocycles. The molecule has 1 aliphatic rings. The summed E-state index contributed by atoms with van der Waals surface area (Å²) < 4.78 is 0. The smallest absolute Gasteiger partial charge is 0.247 e. The van der Waals surface area contributed by atoms with Crippen molar-refractivity contribution < 1.29 is 9.59 Å². The molecule has 1 N–H and O–H groups in total. The van der Waals surface area contributed by atoms with Crippen molar-refractivity contribution in [1.29, 1.82) is 0 Å². The molecule has 1 fully saturated rings. The highest BCUT2D eigenvalue weighted by molar-refractivity contribution is 5.99. The summed E-state index contributed by atoms with van der Waals surface area (Å²) in [6.45, 7) is 6.01. The molecular formula is C15H20N2O2. The number of hydrogen-bond donors (Lipinski definition) is 1. The summed E-state index contributed by atoms with van der Waals surface area (Å²) in [6.07, 6.45) is 1.06. The van der Waals surface area contributed by atoms with E-state index in [4.69, 9.17) is 0 Å². The van der Waals surface area contributed by atoms with Crippen molar-refractivity contribution >= 4 is 17.5 Å². The highest BCUT2D eigenvalue weighted by Crippen LogP contribution is 2.24. The third-order valence-electron chi connectivity index (χ3n) is 3.72. The molecule has 102 valence electrons. The Kier molecular flexibility index (Phi) is 3.60. The first-order valence-corrected chi connectivity index (χ1v) is 6.54. The van der Waals surface area contributed by atoms with E-state index in [1.54, 1.807) is 7.05 Å². The number of likely N-dealkylation sites (N-methyl/N-ethyl adjacent to an activating group) is 1. The number of anilines is 1. The largest absolute Gasteiger partial charge is 0.334 e. The molecule has 0 aliphatic carbocycles. The minimum Gasteiger partial charge on any atom is -0.334 e. The quantitative estimate of drug-likeness (QED) is 0.886. The third-order valence-corrected chi connectivity index (χ3v) is 3.72. The van der Waals surface area contributed by atoms with E-state index >= 15 is 0 Å². The molecule has 4 heteroatoms. The predicted octanol–water partition coefficient (Wildman–Crippen LogP) is 2.17. The van der Waals surface area contributed by atoms with Crippen LogP contribution in [0.3, 0.4) is 0 Å². The van der Waals surface area contributed by atoms with Crippen LogP contribution < -0.4 is 5.32 Å². The SMILES string of the molecule is Cc1cc(C)c(NC(=O)C2CCC(=O)N2C)c(C)c1. The van der Waals surface area contributed by atoms with Crippen LogP contribution >= 0.6 is 0 Å². The highest BCUT2D eigenvalue weighted by atomic mass is 16.2. The van der Waals surface area contributed by atoms with Gasteiger partial charge in [-0.15, -0.1) is 0 Å². The summed E-state index contributed by atoms with van der Waals surface area (Å²) in [4.78, 5) is 25.3. The molecule has 1 aromatic rings. The molecule has 19 heavy (non-hydrogen) atoms. The van der Waals surface area contributed by atoms with Gasteiger partial charge in [0, 0.05) is 19.2 Å². The van der Waals surface area contributed by atoms with Crippen molar-refractivity contribution in [1.82, 2.24) is 4.90 Å². The van der Waals surface area contributed by atoms with E-state index in [9.17, 15) is 9.59 Å². The zero-order valence-electron chi connectivity index (χ0n) is 11.9. The van der Waals surface area contributed by atoms with Crippen LogP contribution in [0.25, 0.3) is 0 Å². The second-order valence-corrected chi connectivity index (χ2v) is 5.32. The maximum Gasteiger partial charge on any atom is 0.247 e. The Hall–Kier alpha value is -1.84. The molecule has 0 aromatic heterocycles. The molecule has 0 radical (unpaired) electrons. The van der Waals surface area contributed by atoms with Gasteiger partial charge in [0.05, 0.1) is 0 Å². The van der Waals surface area contributed by atoms with Crippen molar-refractivity contribution in [2.24, 2.45) is 0 Å². The predicted molar refractivity (Wildman–Crippen MR) is 75.1 cm³/mol. The molecule has 2 amide bonds. The summed E-state index contributed by atoms with van der Waals surface area (Å²) in [6, 6.07) is 3.76. The standard InChI is InChI=1S/C15H20N2O2/c1-9-7-10(2)14(11(3)8-9)16-15(19)12-5-6-13(18)17(12)4/h7-8,12H,5-6H2,1-4H3,(H,16,19). The second kappa shape index (κ2) is 5.03. The van der Waals surface area contributed by atoms with E-state index in [-0.39, 0.29) is 17.9 Å². The van der Waals surface area contributed by atoms with E-state index < -0.39 is 0 Å². The number of nitrogens with zero attached hydrogens (tertiary/aromatic N) is 1. The van der Waals surface area contributed by atoms with Gasteiger partial charge in [0.15, 0.2) is 0 Å². The zero-order valence-corrected chi connectivity index (χ0v) is 11.9. The van der Waals surface area contributed by atoms with Gasteiger partial charge in [0.1, 0.15) is 6.04 Å². The number of amides is 2. The van der Waals surface area contributed by atoms with Gasteiger partial charge in [-0.1, -0.05) is 17.7 Å². The van der Waals surface area contributed by atoms with Crippen LogP contribution in [0.15, 0.2) is 12.1 Å². The van der Waals surface area contributed by atoms with Crippen LogP contribution in [0.1, 0.15) is 29.5 Å². The lowest BCUT2D eigenvalue weighted by Gasteiger charge is -2.20. The van der Waals surface area contributed by atoms with Crippen molar-refractivity contribution in [2.45, 2.75) is 39.7 Å². The maximum absolute atomic E-state index is 12.3. The van der Waals surface area contributed by atoms with Gasteiger partial charge in [-0.3, -0.25) is 9.59 Å². The van der Waals surface area contributed by atoms with Gasteiger partial charge in [0.2, 0.25) is 11.8 Å². The number of likely N-dealkylation sites (tertiary alicyclic amines) is 1. The number of nitrogens with one attached hydrogen (secondary N) is 1. The molecule has 1 unspecified atom stereocenters. The minimum atomic E-state index is -0.340. The van der Waals surface area contributed by atoms with Gasteiger partial charge in [-0.25, -0.2) is 0 Å². The van der Waals surface area contributed by atoms with Gasteiger partial charge in [0.25, 0.3) is 0 Å². The molecule has 1 heterocycles. The number of aryl methyl sites for hydroxylation is 3. The minimum absolute atomic E-state index is 0.0394. The van der Waals surface area contributed by atoms with Crippen LogP contribution in [0, 0.1) is 20.8 Å². The van der Waals surface area contributed by atoms with E-state index in [1.165, 1.54) is 10.5 Å². The molecular weight excluding hydrogens is 240 g/mol. The lowest BCUT2D eigenvalue weighted by molar-refractivity contribution is -0.131. The van der Waals surface area contributed by atoms with E-state index in [2.05, 4.69) is 5.32 Å². The monoisotopic (exact) mass is 260 g/mol. The lowest BCUT2D eigenvalue weighted by Crippen LogP contribution is -2.39. The van der Waals surface area contributed by atoms with E-state index in [0.717, 1.165) is 16.8 Å². The van der Waals surface area contributed by atoms with Gasteiger partial charge < -0.3 is 10.2 Å². The summed E-state index contributed by atoms with van der Waals surface area (Å²) >= 11 is 0. The van der Waals surface area contributed by atoms with E-state index in [0.29, 0.717) is 12.8 Å². The van der Waals surface area contributed by atoms with Crippen LogP contribution in [-0.4, -0.2) is 29.8 Å². The Morgan fingerprint density at radius 3 is 2.32 bits per heavy atom. The summed E-state index contributed by atoms with van der Waals surface area (Å²) in [5.41, 5.74) is 4.15. The Labute approximate surface area is 113 Å². The lowest BCUT2D eigenvalue weighted by atomic mass is 10.0. The van der Waals surface area contributed by atoms with E-state index in [1.807, 2.05) is 32.9 Å². The Balaban J connectivity index is 2.18. The fourth-order valence-electron chi connectivity index (χ4n) is 2.69. The first kappa shape index (κ1) is 13.6. The fraction of sp³-hybridized carbons (Fsp3) is 0.467. The van der Waals surface area contributed by atoms with Gasteiger partial charge in [-0.2, -0.15) is 0 Å². The number of carbonyl (C=O) groups excluding carboxylic acids is 2. The summed E-state index contributed by atoms with van der Waals surface area (Å²) in [5, 5.41) is 2.97. The molecule has 0 spiro atoms. The van der Waals surface area contributed by atoms with Crippen LogP contribution in [0.4, 0.5) is 5.69 Å². The number of carbonyl (C=O) groups is 2. The number of hydrogen-bond acceptors (Lipinski definition) is 2. The van der Waals surface area contributed by atoms with Crippen LogP contribution in [0.2, 0.25) is 0 Å². The summed E-state index contributed by atoms with van der Waals surface area (Å²) in [7, 11) is 1.69. The molecule has 2 rings (SSSR count). The topological polar surface area (TPSA) is 49.4 Å². The molecule has 1 aliphatic heterocycles.